The molecule has 0 atom stereocenters. The van der Waals surface area contributed by atoms with Gasteiger partial charge in [0, 0.05) is 0 Å². The standard InChI is InChI=1S/C12H14O3/c1-7-5-9(12(13)14)6-8(2)11(7)15-10-3-4-10/h5-6,10H,3-4H2,1-2H3,(H,13,14). The van der Waals surface area contributed by atoms with Gasteiger partial charge in [-0.3, -0.25) is 0 Å². The summed E-state index contributed by atoms with van der Waals surface area (Å²) >= 11 is 0. The molecule has 0 spiro atoms. The highest BCUT2D eigenvalue weighted by Crippen LogP contribution is 2.32. The van der Waals surface area contributed by atoms with Crippen LogP contribution in [0.3, 0.4) is 0 Å². The first kappa shape index (κ1) is 10.0. The van der Waals surface area contributed by atoms with E-state index >= 15 is 0 Å². The molecule has 1 aromatic carbocycles. The monoisotopic (exact) mass is 206 g/mol. The van der Waals surface area contributed by atoms with Gasteiger partial charge in [0.25, 0.3) is 0 Å². The van der Waals surface area contributed by atoms with E-state index in [0.717, 1.165) is 29.7 Å². The molecule has 2 rings (SSSR count). The molecular weight excluding hydrogens is 192 g/mol. The first-order valence-electron chi connectivity index (χ1n) is 5.09. The van der Waals surface area contributed by atoms with Crippen LogP contribution in [0, 0.1) is 13.8 Å². The molecule has 1 saturated carbocycles. The van der Waals surface area contributed by atoms with E-state index < -0.39 is 5.97 Å². The molecule has 1 N–H and O–H groups in total. The molecule has 1 aliphatic rings. The molecule has 0 heterocycles. The summed E-state index contributed by atoms with van der Waals surface area (Å²) in [5.41, 5.74) is 2.13. The van der Waals surface area contributed by atoms with Crippen molar-refractivity contribution in [2.45, 2.75) is 32.8 Å². The summed E-state index contributed by atoms with van der Waals surface area (Å²) in [6.45, 7) is 3.77. The molecule has 80 valence electrons. The summed E-state index contributed by atoms with van der Waals surface area (Å²) in [6, 6.07) is 3.32. The Morgan fingerprint density at radius 2 is 1.87 bits per heavy atom. The molecule has 0 aromatic heterocycles. The van der Waals surface area contributed by atoms with Gasteiger partial charge in [-0.25, -0.2) is 4.79 Å². The quantitative estimate of drug-likeness (QED) is 0.826. The molecule has 3 heteroatoms. The zero-order valence-corrected chi connectivity index (χ0v) is 8.91. The van der Waals surface area contributed by atoms with Crippen molar-refractivity contribution in [1.82, 2.24) is 0 Å². The lowest BCUT2D eigenvalue weighted by molar-refractivity contribution is 0.0696. The molecule has 3 nitrogen and oxygen atoms in total. The normalized spacial score (nSPS) is 15.1. The maximum Gasteiger partial charge on any atom is 0.335 e. The van der Waals surface area contributed by atoms with E-state index in [0.29, 0.717) is 11.7 Å². The third-order valence-corrected chi connectivity index (χ3v) is 2.52. The van der Waals surface area contributed by atoms with Gasteiger partial charge < -0.3 is 9.84 Å². The third kappa shape index (κ3) is 2.12. The first-order valence-corrected chi connectivity index (χ1v) is 5.09. The number of rotatable bonds is 3. The van der Waals surface area contributed by atoms with E-state index in [2.05, 4.69) is 0 Å². The zero-order valence-electron chi connectivity index (χ0n) is 8.91. The number of benzene rings is 1. The molecule has 1 aliphatic carbocycles. The van der Waals surface area contributed by atoms with Crippen molar-refractivity contribution in [3.8, 4) is 5.75 Å². The number of carbonyl (C=O) groups is 1. The van der Waals surface area contributed by atoms with E-state index in [1.165, 1.54) is 0 Å². The van der Waals surface area contributed by atoms with E-state index in [1.807, 2.05) is 13.8 Å². The van der Waals surface area contributed by atoms with Gasteiger partial charge in [-0.2, -0.15) is 0 Å². The van der Waals surface area contributed by atoms with Gasteiger partial charge in [0.15, 0.2) is 0 Å². The molecule has 15 heavy (non-hydrogen) atoms. The van der Waals surface area contributed by atoms with Gasteiger partial charge >= 0.3 is 5.97 Å². The van der Waals surface area contributed by atoms with Gasteiger partial charge in [-0.15, -0.1) is 0 Å². The van der Waals surface area contributed by atoms with Crippen LogP contribution in [0.15, 0.2) is 12.1 Å². The van der Waals surface area contributed by atoms with Crippen molar-refractivity contribution in [2.24, 2.45) is 0 Å². The van der Waals surface area contributed by atoms with E-state index in [1.54, 1.807) is 12.1 Å². The van der Waals surface area contributed by atoms with Crippen molar-refractivity contribution >= 4 is 5.97 Å². The number of carboxylic acid groups (broad SMARTS) is 1. The summed E-state index contributed by atoms with van der Waals surface area (Å²) in [5, 5.41) is 8.88. The van der Waals surface area contributed by atoms with Crippen LogP contribution in [-0.2, 0) is 0 Å². The second-order valence-electron chi connectivity index (χ2n) is 4.06. The lowest BCUT2D eigenvalue weighted by Crippen LogP contribution is -2.03. The maximum atomic E-state index is 10.8. The van der Waals surface area contributed by atoms with Gasteiger partial charge in [0.1, 0.15) is 5.75 Å². The topological polar surface area (TPSA) is 46.5 Å². The van der Waals surface area contributed by atoms with Crippen molar-refractivity contribution in [2.75, 3.05) is 0 Å². The Balaban J connectivity index is 2.34. The number of ether oxygens (including phenoxy) is 1. The molecule has 1 aromatic rings. The van der Waals surface area contributed by atoms with E-state index in [4.69, 9.17) is 9.84 Å². The van der Waals surface area contributed by atoms with Crippen LogP contribution in [0.25, 0.3) is 0 Å². The summed E-state index contributed by atoms with van der Waals surface area (Å²) in [5.74, 6) is -0.0401. The molecule has 0 amide bonds. The minimum atomic E-state index is -0.890. The first-order chi connectivity index (χ1) is 7.08. The Bertz CT molecular complexity index is 382. The highest BCUT2D eigenvalue weighted by atomic mass is 16.5. The predicted octanol–water partition coefficient (Wildman–Crippen LogP) is 2.54. The van der Waals surface area contributed by atoms with Crippen molar-refractivity contribution in [3.63, 3.8) is 0 Å². The van der Waals surface area contributed by atoms with Crippen LogP contribution >= 0.6 is 0 Å². The number of carboxylic acids is 1. The van der Waals surface area contributed by atoms with Crippen LogP contribution in [0.5, 0.6) is 5.75 Å². The van der Waals surface area contributed by atoms with Crippen molar-refractivity contribution in [1.29, 1.82) is 0 Å². The third-order valence-electron chi connectivity index (χ3n) is 2.52. The number of aryl methyl sites for hydroxylation is 2. The lowest BCUT2D eigenvalue weighted by Gasteiger charge is -2.12. The SMILES string of the molecule is Cc1cc(C(=O)O)cc(C)c1OC1CC1. The summed E-state index contributed by atoms with van der Waals surface area (Å²) in [6.07, 6.45) is 2.57. The Hall–Kier alpha value is -1.51. The van der Waals surface area contributed by atoms with Gasteiger partial charge in [-0.05, 0) is 49.9 Å². The number of aromatic carboxylic acids is 1. The minimum Gasteiger partial charge on any atom is -0.490 e. The zero-order chi connectivity index (χ0) is 11.0. The summed E-state index contributed by atoms with van der Waals surface area (Å²) < 4.78 is 5.73. The smallest absolute Gasteiger partial charge is 0.335 e. The highest BCUT2D eigenvalue weighted by molar-refractivity contribution is 5.88. The van der Waals surface area contributed by atoms with E-state index in [-0.39, 0.29) is 0 Å². The fourth-order valence-electron chi connectivity index (χ4n) is 1.61. The second-order valence-corrected chi connectivity index (χ2v) is 4.06. The molecule has 0 saturated heterocycles. The molecular formula is C12H14O3. The average molecular weight is 206 g/mol. The van der Waals surface area contributed by atoms with E-state index in [9.17, 15) is 4.79 Å². The van der Waals surface area contributed by atoms with Crippen LogP contribution in [0.1, 0.15) is 34.3 Å². The number of hydrogen-bond donors (Lipinski definition) is 1. The molecule has 1 fully saturated rings. The molecule has 0 radical (unpaired) electrons. The largest absolute Gasteiger partial charge is 0.490 e. The maximum absolute atomic E-state index is 10.8. The van der Waals surface area contributed by atoms with Crippen LogP contribution < -0.4 is 4.74 Å². The minimum absolute atomic E-state index is 0.327. The van der Waals surface area contributed by atoms with Gasteiger partial charge in [0.05, 0.1) is 11.7 Å². The van der Waals surface area contributed by atoms with Crippen LogP contribution in [0.4, 0.5) is 0 Å². The molecule has 0 unspecified atom stereocenters. The van der Waals surface area contributed by atoms with Gasteiger partial charge in [0.2, 0.25) is 0 Å². The van der Waals surface area contributed by atoms with Crippen molar-refractivity contribution < 1.29 is 14.6 Å². The Morgan fingerprint density at radius 1 is 1.33 bits per heavy atom. The lowest BCUT2D eigenvalue weighted by atomic mass is 10.1. The van der Waals surface area contributed by atoms with Crippen molar-refractivity contribution in [3.05, 3.63) is 28.8 Å². The van der Waals surface area contributed by atoms with Crippen LogP contribution in [0.2, 0.25) is 0 Å². The summed E-state index contributed by atoms with van der Waals surface area (Å²) in [7, 11) is 0. The fraction of sp³-hybridized carbons (Fsp3) is 0.417. The Morgan fingerprint density at radius 3 is 2.27 bits per heavy atom. The average Bonchev–Trinajstić information content (AvgIpc) is 2.94. The van der Waals surface area contributed by atoms with Gasteiger partial charge in [-0.1, -0.05) is 0 Å². The Kier molecular flexibility index (Phi) is 2.39. The predicted molar refractivity (Wildman–Crippen MR) is 56.5 cm³/mol. The van der Waals surface area contributed by atoms with Crippen LogP contribution in [-0.4, -0.2) is 17.2 Å². The Labute approximate surface area is 88.7 Å². The summed E-state index contributed by atoms with van der Waals surface area (Å²) in [4.78, 5) is 10.8. The fourth-order valence-corrected chi connectivity index (χ4v) is 1.61. The highest BCUT2D eigenvalue weighted by Gasteiger charge is 2.25. The molecule has 0 aliphatic heterocycles. The second kappa shape index (κ2) is 3.57. The molecule has 0 bridgehead atoms. The number of hydrogen-bond acceptors (Lipinski definition) is 2.